The third kappa shape index (κ3) is 11.3. The van der Waals surface area contributed by atoms with E-state index in [4.69, 9.17) is 4.42 Å². The number of benzene rings is 21. The SMILES string of the molecule is CC1(C)c2ccccc2-c2cc(-n3c4ccccc4c4c3ccc3c5ccccc5n(-c5ccc6c(c5)[se]c5ccccc56)c34)ccc21.CC1(C)c2ccccc2-c2cc(-n3c4ccccc4c4c3ccc3c5ccccc5n(-c5ccc6c(c5)oc5ccccc56)c34)ccc21.CC1(C)c2ccccc2-c2cc(-n3c4ccccc4c4c3ccc3c5ccccc5n(-c5ccc6c(c5)sc5ccccc56)c34)ccc21. The molecule has 0 N–H and O–H groups in total. The molecule has 0 unspecified atom stereocenters. The fourth-order valence-corrected chi connectivity index (χ4v) is 29.8. The van der Waals surface area contributed by atoms with Gasteiger partial charge < -0.3 is 22.7 Å². The Morgan fingerprint density at radius 2 is 0.479 bits per heavy atom. The summed E-state index contributed by atoms with van der Waals surface area (Å²) in [5.41, 5.74) is 40.0. The molecule has 30 aromatic rings. The van der Waals surface area contributed by atoms with Crippen molar-refractivity contribution in [2.75, 3.05) is 0 Å². The predicted octanol–water partition coefficient (Wildman–Crippen LogP) is 36.2. The number of fused-ring (bicyclic) bond motifs is 39. The molecule has 9 heterocycles. The summed E-state index contributed by atoms with van der Waals surface area (Å²) < 4.78 is 26.9. The molecule has 0 atom stereocenters. The summed E-state index contributed by atoms with van der Waals surface area (Å²) in [4.78, 5) is 0. The molecule has 0 radical (unpaired) electrons. The molecule has 9 heteroatoms. The van der Waals surface area contributed by atoms with Crippen LogP contribution in [0.5, 0.6) is 0 Å². The summed E-state index contributed by atoms with van der Waals surface area (Å²) >= 11 is 2.18. The van der Waals surface area contributed by atoms with Crippen LogP contribution in [-0.2, 0) is 16.2 Å². The van der Waals surface area contributed by atoms with Crippen LogP contribution in [0.3, 0.4) is 0 Å². The van der Waals surface area contributed by atoms with Crippen LogP contribution in [0.2, 0.25) is 0 Å². The molecule has 0 aliphatic heterocycles. The molecule has 0 saturated carbocycles. The normalized spacial score (nSPS) is 13.8. The number of rotatable bonds is 6. The van der Waals surface area contributed by atoms with Gasteiger partial charge >= 0.3 is 236 Å². The molecule has 0 amide bonds. The van der Waals surface area contributed by atoms with Gasteiger partial charge in [0.1, 0.15) is 11.2 Å². The van der Waals surface area contributed by atoms with Crippen molar-refractivity contribution in [1.29, 1.82) is 0 Å². The van der Waals surface area contributed by atoms with Gasteiger partial charge in [0.25, 0.3) is 0 Å². The van der Waals surface area contributed by atoms with Crippen molar-refractivity contribution < 1.29 is 4.42 Å². The van der Waals surface area contributed by atoms with E-state index in [1.165, 1.54) is 265 Å². The molecule has 0 spiro atoms. The van der Waals surface area contributed by atoms with Crippen LogP contribution in [0.15, 0.2) is 441 Å². The fraction of sp³-hybridized carbons (Fsp3) is 0.0667. The van der Waals surface area contributed by atoms with Crippen molar-refractivity contribution in [3.05, 3.63) is 470 Å². The van der Waals surface area contributed by atoms with Crippen LogP contribution < -0.4 is 0 Å². The van der Waals surface area contributed by atoms with E-state index in [1.807, 2.05) is 23.5 Å². The zero-order valence-electron chi connectivity index (χ0n) is 80.0. The number of para-hydroxylation sites is 7. The van der Waals surface area contributed by atoms with E-state index in [1.54, 1.807) is 0 Å². The Morgan fingerprint density at radius 1 is 0.188 bits per heavy atom. The second kappa shape index (κ2) is 30.0. The topological polar surface area (TPSA) is 42.7 Å². The first-order valence-electron chi connectivity index (χ1n) is 50.1. The summed E-state index contributed by atoms with van der Waals surface area (Å²) in [6.45, 7) is 14.1. The van der Waals surface area contributed by atoms with Crippen molar-refractivity contribution in [2.24, 2.45) is 0 Å². The van der Waals surface area contributed by atoms with Gasteiger partial charge in [0.2, 0.25) is 0 Å². The molecular weight excluding hydrogens is 1830 g/mol. The summed E-state index contributed by atoms with van der Waals surface area (Å²) in [5.74, 6) is 0. The van der Waals surface area contributed by atoms with Crippen molar-refractivity contribution in [3.8, 4) is 67.5 Å². The van der Waals surface area contributed by atoms with E-state index in [-0.39, 0.29) is 16.2 Å². The quantitative estimate of drug-likeness (QED) is 0.153. The van der Waals surface area contributed by atoms with Gasteiger partial charge in [-0.2, -0.15) is 0 Å². The van der Waals surface area contributed by atoms with E-state index < -0.39 is 0 Å². The van der Waals surface area contributed by atoms with Crippen LogP contribution in [0.1, 0.15) is 74.9 Å². The number of hydrogen-bond acceptors (Lipinski definition) is 2. The molecule has 7 nitrogen and oxygen atoms in total. The molecule has 3 aliphatic carbocycles. The molecule has 21 aromatic carbocycles. The van der Waals surface area contributed by atoms with Crippen LogP contribution in [0.4, 0.5) is 0 Å². The minimum absolute atomic E-state index is 0.0170. The van der Waals surface area contributed by atoms with Crippen LogP contribution in [-0.4, -0.2) is 41.9 Å². The first-order chi connectivity index (χ1) is 70.7. The second-order valence-electron chi connectivity index (χ2n) is 41.2. The van der Waals surface area contributed by atoms with Crippen LogP contribution in [0, 0.1) is 0 Å². The van der Waals surface area contributed by atoms with E-state index >= 15 is 0 Å². The maximum atomic E-state index is 6.39. The Labute approximate surface area is 838 Å². The Morgan fingerprint density at radius 3 is 0.924 bits per heavy atom. The molecule has 144 heavy (non-hydrogen) atoms. The summed E-state index contributed by atoms with van der Waals surface area (Å²) in [6.07, 6.45) is 0. The Kier molecular flexibility index (Phi) is 17.0. The zero-order chi connectivity index (χ0) is 95.2. The van der Waals surface area contributed by atoms with Crippen molar-refractivity contribution in [2.45, 2.75) is 57.8 Å². The van der Waals surface area contributed by atoms with E-state index in [2.05, 4.69) is 494 Å². The minimum Gasteiger partial charge on any atom is -0.456 e. The predicted molar refractivity (Wildman–Crippen MR) is 610 cm³/mol. The van der Waals surface area contributed by atoms with Gasteiger partial charge in [0, 0.05) is 119 Å². The minimum atomic E-state index is -0.0284. The number of nitrogens with zero attached hydrogens (tertiary/aromatic N) is 6. The fourth-order valence-electron chi connectivity index (χ4n) is 26.3. The third-order valence-corrected chi connectivity index (χ3v) is 36.3. The number of hydrogen-bond donors (Lipinski definition) is 0. The molecule has 3 aliphatic rings. The van der Waals surface area contributed by atoms with Crippen molar-refractivity contribution in [3.63, 3.8) is 0 Å². The molecule has 0 saturated heterocycles. The van der Waals surface area contributed by atoms with Gasteiger partial charge in [-0.05, 0) is 147 Å². The first-order valence-corrected chi connectivity index (χ1v) is 52.6. The standard InChI is InChI=1S/C45H30N2O.C45H30N2S.C45H30N2Se/c3*1-45(2)36-15-7-3-11-29(36)35-25-27(20-23-37(35)45)46-39-17-9-5-14-34(39)43-40(46)24-22-33-30-12-4-8-16-38(30)47(44(33)43)28-19-21-32-31-13-6-10-18-41(31)48-42(32)26-28/h3*3-26H,1-2H3. The average Bonchev–Trinajstić information content (AvgIpc) is 1.54. The third-order valence-electron chi connectivity index (χ3n) is 32.7. The van der Waals surface area contributed by atoms with E-state index in [0.29, 0.717) is 14.5 Å². The van der Waals surface area contributed by atoms with Gasteiger partial charge in [-0.25, -0.2) is 0 Å². The first kappa shape index (κ1) is 81.8. The molecule has 33 rings (SSSR count). The molecular formula is C135H90N6OSSe. The number of aromatic nitrogens is 6. The number of thiophene rings is 1. The van der Waals surface area contributed by atoms with Gasteiger partial charge in [-0.1, -0.05) is 254 Å². The molecule has 0 fully saturated rings. The van der Waals surface area contributed by atoms with Crippen molar-refractivity contribution in [1.82, 2.24) is 27.4 Å². The Hall–Kier alpha value is -17.0. The maximum absolute atomic E-state index is 6.39. The number of furan rings is 1. The molecule has 9 aromatic heterocycles. The monoisotopic (exact) mass is 1920 g/mol. The summed E-state index contributed by atoms with van der Waals surface area (Å²) in [5, 5.41) is 23.0. The van der Waals surface area contributed by atoms with Gasteiger partial charge in [0.05, 0.1) is 44.1 Å². The van der Waals surface area contributed by atoms with E-state index in [0.717, 1.165) is 27.6 Å². The van der Waals surface area contributed by atoms with Crippen LogP contribution >= 0.6 is 11.3 Å². The smallest absolute Gasteiger partial charge is 0.456 e. The van der Waals surface area contributed by atoms with Gasteiger partial charge in [-0.3, -0.25) is 0 Å². The van der Waals surface area contributed by atoms with Crippen LogP contribution in [0.25, 0.3) is 260 Å². The average molecular weight is 1920 g/mol. The second-order valence-corrected chi connectivity index (χ2v) is 44.6. The Balaban J connectivity index is 0.0000000986. The Bertz CT molecular complexity index is 9930. The van der Waals surface area contributed by atoms with Gasteiger partial charge in [0.15, 0.2) is 0 Å². The van der Waals surface area contributed by atoms with E-state index in [9.17, 15) is 0 Å². The summed E-state index contributed by atoms with van der Waals surface area (Å²) in [6, 6.07) is 162. The molecule has 678 valence electrons. The molecule has 0 bridgehead atoms. The zero-order valence-corrected chi connectivity index (χ0v) is 82.5. The van der Waals surface area contributed by atoms with Gasteiger partial charge in [-0.15, -0.1) is 11.3 Å². The van der Waals surface area contributed by atoms with Crippen molar-refractivity contribution >= 4 is 218 Å². The summed E-state index contributed by atoms with van der Waals surface area (Å²) in [7, 11) is 0.